The monoisotopic (exact) mass is 328 g/mol. The lowest BCUT2D eigenvalue weighted by Gasteiger charge is -2.21. The van der Waals surface area contributed by atoms with Crippen LogP contribution in [-0.2, 0) is 6.42 Å². The maximum Gasteiger partial charge on any atom is 0.119 e. The Morgan fingerprint density at radius 2 is 1.92 bits per heavy atom. The summed E-state index contributed by atoms with van der Waals surface area (Å²) in [5, 5.41) is 10.3. The highest BCUT2D eigenvalue weighted by Crippen LogP contribution is 2.36. The number of phenols is 1. The van der Waals surface area contributed by atoms with Gasteiger partial charge < -0.3 is 5.11 Å². The highest BCUT2D eigenvalue weighted by Gasteiger charge is 2.16. The summed E-state index contributed by atoms with van der Waals surface area (Å²) < 4.78 is 0. The van der Waals surface area contributed by atoms with Gasteiger partial charge in [-0.05, 0) is 57.6 Å². The molecule has 1 aromatic carbocycles. The molecule has 0 spiro atoms. The molecule has 0 amide bonds. The summed E-state index contributed by atoms with van der Waals surface area (Å²) in [5.74, 6) is 0.911. The number of phenolic OH excluding ortho intramolecular Hbond substituents is 1. The molecule has 1 unspecified atom stereocenters. The van der Waals surface area contributed by atoms with Gasteiger partial charge in [-0.1, -0.05) is 62.5 Å². The first kappa shape index (κ1) is 20.5. The topological polar surface area (TPSA) is 20.2 Å². The molecule has 0 heterocycles. The largest absolute Gasteiger partial charge is 0.508 e. The summed E-state index contributed by atoms with van der Waals surface area (Å²) in [6.07, 6.45) is 15.3. The molecule has 0 fully saturated rings. The molecule has 2 rings (SSSR count). The van der Waals surface area contributed by atoms with Gasteiger partial charge in [-0.25, -0.2) is 0 Å². The molecule has 1 aliphatic rings. The van der Waals surface area contributed by atoms with E-state index in [0.717, 1.165) is 12.0 Å². The molecule has 1 atom stereocenters. The molecule has 1 aromatic rings. The highest BCUT2D eigenvalue weighted by molar-refractivity contribution is 5.41. The Labute approximate surface area is 149 Å². The Bertz CT molecular complexity index is 513. The minimum atomic E-state index is 0.414. The maximum atomic E-state index is 10.3. The Morgan fingerprint density at radius 3 is 2.54 bits per heavy atom. The van der Waals surface area contributed by atoms with Crippen molar-refractivity contribution in [2.45, 2.75) is 84.5 Å². The SMILES string of the molecule is C=CC.CCCCCCCc1ccc(C2C=C(C)CCC2)c(O)c1. The molecule has 0 saturated heterocycles. The van der Waals surface area contributed by atoms with E-state index >= 15 is 0 Å². The number of allylic oxidation sites excluding steroid dienone is 3. The van der Waals surface area contributed by atoms with Crippen molar-refractivity contribution in [1.29, 1.82) is 0 Å². The fourth-order valence-corrected chi connectivity index (χ4v) is 3.35. The lowest BCUT2D eigenvalue weighted by atomic mass is 9.85. The third kappa shape index (κ3) is 7.38. The molecule has 0 saturated carbocycles. The Morgan fingerprint density at radius 1 is 1.21 bits per heavy atom. The summed E-state index contributed by atoms with van der Waals surface area (Å²) >= 11 is 0. The number of aromatic hydroxyl groups is 1. The highest BCUT2D eigenvalue weighted by atomic mass is 16.3. The maximum absolute atomic E-state index is 10.3. The van der Waals surface area contributed by atoms with E-state index in [1.165, 1.54) is 62.5 Å². The predicted octanol–water partition coefficient (Wildman–Crippen LogP) is 7.31. The number of unbranched alkanes of at least 4 members (excludes halogenated alkanes) is 4. The van der Waals surface area contributed by atoms with Crippen LogP contribution in [0.2, 0.25) is 0 Å². The van der Waals surface area contributed by atoms with E-state index < -0.39 is 0 Å². The van der Waals surface area contributed by atoms with Gasteiger partial charge in [0.25, 0.3) is 0 Å². The second-order valence-corrected chi connectivity index (χ2v) is 6.98. The van der Waals surface area contributed by atoms with Crippen molar-refractivity contribution in [3.63, 3.8) is 0 Å². The first-order valence-corrected chi connectivity index (χ1v) is 9.68. The van der Waals surface area contributed by atoms with Gasteiger partial charge in [-0.3, -0.25) is 0 Å². The van der Waals surface area contributed by atoms with Crippen molar-refractivity contribution in [1.82, 2.24) is 0 Å². The van der Waals surface area contributed by atoms with Crippen molar-refractivity contribution < 1.29 is 5.11 Å². The van der Waals surface area contributed by atoms with Crippen LogP contribution in [-0.4, -0.2) is 5.11 Å². The smallest absolute Gasteiger partial charge is 0.119 e. The molecule has 0 aromatic heterocycles. The van der Waals surface area contributed by atoms with Crippen molar-refractivity contribution in [3.05, 3.63) is 53.6 Å². The Balaban J connectivity index is 0.000000891. The third-order valence-electron chi connectivity index (χ3n) is 4.64. The Hall–Kier alpha value is -1.50. The Kier molecular flexibility index (Phi) is 10.2. The van der Waals surface area contributed by atoms with Crippen molar-refractivity contribution in [2.75, 3.05) is 0 Å². The van der Waals surface area contributed by atoms with E-state index in [-0.39, 0.29) is 0 Å². The normalized spacial score (nSPS) is 16.8. The van der Waals surface area contributed by atoms with E-state index in [2.05, 4.69) is 38.6 Å². The van der Waals surface area contributed by atoms with Gasteiger partial charge in [0.15, 0.2) is 0 Å². The van der Waals surface area contributed by atoms with Crippen LogP contribution in [0.3, 0.4) is 0 Å². The molecule has 0 radical (unpaired) electrons. The molecule has 1 aliphatic carbocycles. The second-order valence-electron chi connectivity index (χ2n) is 6.98. The average Bonchev–Trinajstić information content (AvgIpc) is 2.55. The molecule has 0 bridgehead atoms. The van der Waals surface area contributed by atoms with Crippen LogP contribution in [0.25, 0.3) is 0 Å². The zero-order valence-corrected chi connectivity index (χ0v) is 16.0. The fourth-order valence-electron chi connectivity index (χ4n) is 3.35. The van der Waals surface area contributed by atoms with Crippen LogP contribution in [0, 0.1) is 0 Å². The zero-order chi connectivity index (χ0) is 17.8. The van der Waals surface area contributed by atoms with Gasteiger partial charge in [0.05, 0.1) is 0 Å². The van der Waals surface area contributed by atoms with Crippen LogP contribution >= 0.6 is 0 Å². The van der Waals surface area contributed by atoms with Crippen LogP contribution in [0.1, 0.15) is 89.2 Å². The summed E-state index contributed by atoms with van der Waals surface area (Å²) in [6.45, 7) is 9.70. The molecule has 1 N–H and O–H groups in total. The first-order chi connectivity index (χ1) is 11.6. The van der Waals surface area contributed by atoms with Crippen LogP contribution < -0.4 is 0 Å². The van der Waals surface area contributed by atoms with E-state index in [0.29, 0.717) is 11.7 Å². The summed E-state index contributed by atoms with van der Waals surface area (Å²) in [7, 11) is 0. The minimum absolute atomic E-state index is 0.414. The molecule has 0 aliphatic heterocycles. The molecular formula is C23H36O. The second kappa shape index (κ2) is 11.9. The third-order valence-corrected chi connectivity index (χ3v) is 4.64. The average molecular weight is 329 g/mol. The van der Waals surface area contributed by atoms with Gasteiger partial charge in [-0.2, -0.15) is 0 Å². The molecule has 1 heteroatoms. The van der Waals surface area contributed by atoms with Crippen LogP contribution in [0.5, 0.6) is 5.75 Å². The lowest BCUT2D eigenvalue weighted by molar-refractivity contribution is 0.460. The van der Waals surface area contributed by atoms with Crippen molar-refractivity contribution in [2.24, 2.45) is 0 Å². The van der Waals surface area contributed by atoms with Crippen LogP contribution in [0.15, 0.2) is 42.5 Å². The number of hydrogen-bond donors (Lipinski definition) is 1. The molecule has 24 heavy (non-hydrogen) atoms. The van der Waals surface area contributed by atoms with Crippen molar-refractivity contribution in [3.8, 4) is 5.75 Å². The molecule has 1 nitrogen and oxygen atoms in total. The number of hydrogen-bond acceptors (Lipinski definition) is 1. The van der Waals surface area contributed by atoms with Gasteiger partial charge in [0.1, 0.15) is 5.75 Å². The van der Waals surface area contributed by atoms with Crippen molar-refractivity contribution >= 4 is 0 Å². The van der Waals surface area contributed by atoms with Gasteiger partial charge in [-0.15, -0.1) is 6.58 Å². The van der Waals surface area contributed by atoms with Gasteiger partial charge in [0.2, 0.25) is 0 Å². The summed E-state index contributed by atoms with van der Waals surface area (Å²) in [6, 6.07) is 6.36. The van der Waals surface area contributed by atoms with E-state index in [1.807, 2.05) is 13.0 Å². The quantitative estimate of drug-likeness (QED) is 0.411. The van der Waals surface area contributed by atoms with Gasteiger partial charge >= 0.3 is 0 Å². The molecular weight excluding hydrogens is 292 g/mol. The van der Waals surface area contributed by atoms with Gasteiger partial charge in [0, 0.05) is 11.5 Å². The number of benzene rings is 1. The van der Waals surface area contributed by atoms with Crippen LogP contribution in [0.4, 0.5) is 0 Å². The number of rotatable bonds is 7. The standard InChI is InChI=1S/C20H30O.C3H6/c1-3-4-5-6-7-10-17-12-13-19(20(21)15-17)18-11-8-9-16(2)14-18;1-3-2/h12-15,18,21H,3-11H2,1-2H3;3H,1H2,2H3. The molecule has 134 valence electrons. The fraction of sp³-hybridized carbons (Fsp3) is 0.565. The zero-order valence-electron chi connectivity index (χ0n) is 16.0. The summed E-state index contributed by atoms with van der Waals surface area (Å²) in [4.78, 5) is 0. The minimum Gasteiger partial charge on any atom is -0.508 e. The number of aryl methyl sites for hydroxylation is 1. The van der Waals surface area contributed by atoms with E-state index in [4.69, 9.17) is 0 Å². The first-order valence-electron chi connectivity index (χ1n) is 9.68. The summed E-state index contributed by atoms with van der Waals surface area (Å²) in [5.41, 5.74) is 3.86. The predicted molar refractivity (Wildman–Crippen MR) is 107 cm³/mol. The van der Waals surface area contributed by atoms with E-state index in [1.54, 1.807) is 6.08 Å². The lowest BCUT2D eigenvalue weighted by Crippen LogP contribution is -2.02. The van der Waals surface area contributed by atoms with E-state index in [9.17, 15) is 5.11 Å².